The number of ether oxygens (including phenoxy) is 1. The third-order valence-corrected chi connectivity index (χ3v) is 14.9. The van der Waals surface area contributed by atoms with Crippen LogP contribution >= 0.6 is 0 Å². The van der Waals surface area contributed by atoms with Gasteiger partial charge in [0.05, 0.1) is 44.8 Å². The van der Waals surface area contributed by atoms with Crippen molar-refractivity contribution in [2.24, 2.45) is 0 Å². The molecular formula is C46H80N12O14S2. The van der Waals surface area contributed by atoms with Crippen molar-refractivity contribution in [1.29, 1.82) is 0 Å². The number of unbranched alkanes of at least 4 members (excludes halogenated alkanes) is 4. The lowest BCUT2D eigenvalue weighted by Gasteiger charge is -2.39. The van der Waals surface area contributed by atoms with Gasteiger partial charge in [-0.2, -0.15) is 22.8 Å². The Hall–Kier alpha value is -4.29. The number of nitrogens with one attached hydrogen (secondary N) is 2. The molecule has 0 spiro atoms. The lowest BCUT2D eigenvalue weighted by Crippen LogP contribution is -2.55. The Balaban J connectivity index is 0.000000190. The van der Waals surface area contributed by atoms with Crippen molar-refractivity contribution in [2.75, 3.05) is 52.4 Å². The number of carbonyl (C=O) groups excluding carboxylic acids is 3. The predicted molar refractivity (Wildman–Crippen MR) is 264 cm³/mol. The molecule has 5 aliphatic heterocycles. The molecule has 420 valence electrons. The van der Waals surface area contributed by atoms with Gasteiger partial charge < -0.3 is 43.0 Å². The van der Waals surface area contributed by atoms with E-state index in [0.29, 0.717) is 60.2 Å². The van der Waals surface area contributed by atoms with Crippen LogP contribution < -0.4 is 10.6 Å². The number of urea groups is 2. The van der Waals surface area contributed by atoms with Gasteiger partial charge in [-0.05, 0) is 91.4 Å². The van der Waals surface area contributed by atoms with Crippen molar-refractivity contribution >= 4 is 39.0 Å². The third-order valence-electron chi connectivity index (χ3n) is 14.2. The van der Waals surface area contributed by atoms with Crippen LogP contribution in [0.15, 0.2) is 8.83 Å². The van der Waals surface area contributed by atoms with Crippen molar-refractivity contribution in [3.05, 3.63) is 23.6 Å². The fourth-order valence-corrected chi connectivity index (χ4v) is 10.7. The maximum absolute atomic E-state index is 12.7. The number of fused-ring (bicyclic) bond motifs is 4. The summed E-state index contributed by atoms with van der Waals surface area (Å²) in [6, 6.07) is -2.99. The molecule has 6 fully saturated rings. The molecule has 4 bridgehead atoms. The van der Waals surface area contributed by atoms with E-state index in [1.165, 1.54) is 91.8 Å². The number of nitrogens with zero attached hydrogens (tertiary/aromatic N) is 10. The first-order valence-electron chi connectivity index (χ1n) is 26.5. The van der Waals surface area contributed by atoms with E-state index >= 15 is 0 Å². The minimum atomic E-state index is -5.07. The summed E-state index contributed by atoms with van der Waals surface area (Å²) in [5.74, 6) is 1.13. The average Bonchev–Trinajstić information content (AvgIpc) is 4.08. The van der Waals surface area contributed by atoms with E-state index in [-0.39, 0.29) is 37.5 Å². The van der Waals surface area contributed by atoms with Crippen LogP contribution in [0.3, 0.4) is 0 Å². The molecule has 4 atom stereocenters. The summed E-state index contributed by atoms with van der Waals surface area (Å²) in [7, 11) is -9.83. The van der Waals surface area contributed by atoms with Crippen LogP contribution in [0.25, 0.3) is 0 Å². The summed E-state index contributed by atoms with van der Waals surface area (Å²) >= 11 is 0. The second kappa shape index (κ2) is 26.2. The number of quaternary nitrogens is 1. The van der Waals surface area contributed by atoms with Crippen LogP contribution in [0.2, 0.25) is 0 Å². The second-order valence-electron chi connectivity index (χ2n) is 21.1. The minimum absolute atomic E-state index is 0.0375. The zero-order valence-corrected chi connectivity index (χ0v) is 45.8. The summed E-state index contributed by atoms with van der Waals surface area (Å²) < 4.78 is 90.5. The normalized spacial score (nSPS) is 22.2. The molecule has 1 saturated carbocycles. The van der Waals surface area contributed by atoms with Crippen LogP contribution in [0.1, 0.15) is 180 Å². The fourth-order valence-electron chi connectivity index (χ4n) is 9.93. The molecule has 6 aliphatic rings. The molecule has 0 radical (unpaired) electrons. The zero-order chi connectivity index (χ0) is 53.8. The minimum Gasteiger partial charge on any atom is -0.724 e. The zero-order valence-electron chi connectivity index (χ0n) is 44.2. The Bertz CT molecular complexity index is 2320. The summed E-state index contributed by atoms with van der Waals surface area (Å²) in [5.41, 5.74) is -0.640. The molecule has 3 N–H and O–H groups in total. The largest absolute Gasteiger partial charge is 0.724 e. The number of aromatic nitrogens is 4. The number of hydrogen-bond acceptors (Lipinski definition) is 19. The van der Waals surface area contributed by atoms with Crippen molar-refractivity contribution in [2.45, 2.75) is 200 Å². The van der Waals surface area contributed by atoms with Crippen LogP contribution in [0.5, 0.6) is 0 Å². The molecule has 74 heavy (non-hydrogen) atoms. The molecule has 28 heteroatoms. The quantitative estimate of drug-likeness (QED) is 0.0663. The van der Waals surface area contributed by atoms with E-state index in [2.05, 4.69) is 67.3 Å². The van der Waals surface area contributed by atoms with E-state index in [9.17, 15) is 35.8 Å². The van der Waals surface area contributed by atoms with Gasteiger partial charge in [0, 0.05) is 38.3 Å². The van der Waals surface area contributed by atoms with E-state index < -0.39 is 68.7 Å². The van der Waals surface area contributed by atoms with Crippen molar-refractivity contribution in [1.82, 2.24) is 55.9 Å². The summed E-state index contributed by atoms with van der Waals surface area (Å²) in [4.78, 5) is 41.9. The Morgan fingerprint density at radius 2 is 1.23 bits per heavy atom. The van der Waals surface area contributed by atoms with E-state index in [1.807, 2.05) is 0 Å². The maximum Gasteiger partial charge on any atom is 0.418 e. The monoisotopic (exact) mass is 1090 g/mol. The average molecular weight is 1090 g/mol. The molecule has 0 unspecified atom stereocenters. The first kappa shape index (κ1) is 59.0. The molecule has 5 saturated heterocycles. The van der Waals surface area contributed by atoms with Gasteiger partial charge in [-0.1, -0.05) is 53.4 Å². The van der Waals surface area contributed by atoms with Gasteiger partial charge in [-0.25, -0.2) is 22.8 Å². The van der Waals surface area contributed by atoms with Gasteiger partial charge in [0.25, 0.3) is 0 Å². The topological polar surface area (TPSA) is 309 Å². The molecule has 7 heterocycles. The van der Waals surface area contributed by atoms with Crippen molar-refractivity contribution in [3.8, 4) is 0 Å². The molecule has 1 aliphatic carbocycles. The first-order valence-corrected chi connectivity index (χ1v) is 29.2. The fraction of sp³-hybridized carbons (Fsp3) is 0.848. The van der Waals surface area contributed by atoms with Crippen LogP contribution in [0.4, 0.5) is 14.4 Å². The highest BCUT2D eigenvalue weighted by Crippen LogP contribution is 2.40. The number of rotatable bonds is 24. The SMILES string of the molecule is CC(C)(C)OC(=O)N(Cc1nnc([C@@H]2CC[C@@H]3CN2C(=O)N3OS(=O)(=O)[O-])o1)C1CCC1.CCCC[N+](CCCC)(CCCC)CCCC.O=C1N2C[C@@H](CC[C@H]2c2nnc(CNC3CNC3)o2)N1OS(=O)(=O)O. The van der Waals surface area contributed by atoms with Crippen LogP contribution in [-0.4, -0.2) is 176 Å². The van der Waals surface area contributed by atoms with Gasteiger partial charge in [0.2, 0.25) is 34.0 Å². The summed E-state index contributed by atoms with van der Waals surface area (Å²) in [6.07, 6.45) is 15.2. The number of carbonyl (C=O) groups is 3. The van der Waals surface area contributed by atoms with Gasteiger partial charge in [-0.3, -0.25) is 9.45 Å². The van der Waals surface area contributed by atoms with Gasteiger partial charge >= 0.3 is 28.6 Å². The molecule has 2 aromatic rings. The number of hydrogen-bond donors (Lipinski definition) is 3. The Labute approximate surface area is 435 Å². The molecule has 26 nitrogen and oxygen atoms in total. The van der Waals surface area contributed by atoms with Gasteiger partial charge in [0.1, 0.15) is 24.2 Å². The number of amides is 5. The first-order chi connectivity index (χ1) is 35.1. The Morgan fingerprint density at radius 1 is 0.757 bits per heavy atom. The van der Waals surface area contributed by atoms with E-state index in [1.54, 1.807) is 25.7 Å². The second-order valence-corrected chi connectivity index (χ2v) is 23.1. The van der Waals surface area contributed by atoms with Crippen LogP contribution in [-0.2, 0) is 47.2 Å². The molecular weight excluding hydrogens is 1010 g/mol. The predicted octanol–water partition coefficient (Wildman–Crippen LogP) is 5.50. The highest BCUT2D eigenvalue weighted by Gasteiger charge is 2.50. The van der Waals surface area contributed by atoms with Gasteiger partial charge in [-0.15, -0.1) is 24.7 Å². The van der Waals surface area contributed by atoms with E-state index in [4.69, 9.17) is 18.1 Å². The number of piperidine rings is 2. The van der Waals surface area contributed by atoms with E-state index in [0.717, 1.165) is 32.4 Å². The highest BCUT2D eigenvalue weighted by atomic mass is 32.3. The molecule has 5 amide bonds. The lowest BCUT2D eigenvalue weighted by molar-refractivity contribution is -0.929. The Kier molecular flexibility index (Phi) is 20.9. The highest BCUT2D eigenvalue weighted by molar-refractivity contribution is 7.81. The molecule has 0 aromatic carbocycles. The standard InChI is InChI=1S/C18H27N5O8S.C16H36N.C12H18N6O6S/c1-18(2,3)30-17(25)21(11-5-4-6-11)10-14-19-20-15(29-14)13-8-7-12-9-22(13)16(24)23(12)31-32(26,27)28;1-5-9-13-17(14-10-6-2,15-11-7-3)16-12-8-4;19-12-17-6-8(18(12)24-25(20,21)22)1-2-9(17)11-16-15-10(23-11)5-14-7-3-13-4-7/h11-13H,4-10H2,1-3H3,(H,26,27,28);5-16H2,1-4H3;7-9,13-14H,1-6H2,(H,20,21,22)/q;+1;/p-1/t12-,13+;;8-,9+/m1.1/s1. The summed E-state index contributed by atoms with van der Waals surface area (Å²) in [5, 5.41) is 23.8. The van der Waals surface area contributed by atoms with Gasteiger partial charge in [0.15, 0.2) is 0 Å². The smallest absolute Gasteiger partial charge is 0.418 e. The van der Waals surface area contributed by atoms with Crippen molar-refractivity contribution < 1.29 is 66.9 Å². The Morgan fingerprint density at radius 3 is 1.64 bits per heavy atom. The molecule has 8 rings (SSSR count). The number of hydroxylamine groups is 4. The van der Waals surface area contributed by atoms with Crippen molar-refractivity contribution in [3.63, 3.8) is 0 Å². The third kappa shape index (κ3) is 16.4. The summed E-state index contributed by atoms with van der Waals surface area (Å²) in [6.45, 7) is 23.2. The maximum atomic E-state index is 12.7. The lowest BCUT2D eigenvalue weighted by atomic mass is 9.92. The molecule has 2 aromatic heterocycles. The van der Waals surface area contributed by atoms with Crippen LogP contribution in [0, 0.1) is 0 Å².